The Kier molecular flexibility index (Phi) is 6.32. The number of aliphatic hydroxyl groups excluding tert-OH is 1. The van der Waals surface area contributed by atoms with Crippen LogP contribution in [0.25, 0.3) is 22.3 Å². The first kappa shape index (κ1) is 21.8. The Bertz CT molecular complexity index is 1120. The van der Waals surface area contributed by atoms with Gasteiger partial charge in [-0.05, 0) is 62.8 Å². The number of carbonyl (C=O) groups excluding carboxylic acids is 1. The van der Waals surface area contributed by atoms with E-state index in [1.54, 1.807) is 24.4 Å². The molecule has 31 heavy (non-hydrogen) atoms. The largest absolute Gasteiger partial charge is 0.505 e. The fraction of sp³-hybridized carbons (Fsp3) is 0.348. The summed E-state index contributed by atoms with van der Waals surface area (Å²) in [6.45, 7) is 1.73. The maximum Gasteiger partial charge on any atom is 0.163 e. The van der Waals surface area contributed by atoms with Crippen LogP contribution >= 0.6 is 23.2 Å². The number of halogens is 2. The van der Waals surface area contributed by atoms with Crippen molar-refractivity contribution < 1.29 is 15.0 Å². The number of nitrogens with zero attached hydrogens (tertiary/aromatic N) is 2. The highest BCUT2D eigenvalue weighted by molar-refractivity contribution is 6.37. The number of aromatic hydroxyl groups is 1. The molecule has 0 unspecified atom stereocenters. The molecule has 0 spiro atoms. The van der Waals surface area contributed by atoms with Crippen molar-refractivity contribution in [3.05, 3.63) is 46.1 Å². The van der Waals surface area contributed by atoms with E-state index in [9.17, 15) is 15.0 Å². The second-order valence-corrected chi connectivity index (χ2v) is 8.81. The van der Waals surface area contributed by atoms with Crippen molar-refractivity contribution in [3.8, 4) is 17.0 Å². The monoisotopic (exact) mass is 459 g/mol. The molecule has 0 bridgehead atoms. The summed E-state index contributed by atoms with van der Waals surface area (Å²) in [4.78, 5) is 21.5. The lowest BCUT2D eigenvalue weighted by atomic mass is 9.86. The first-order valence-corrected chi connectivity index (χ1v) is 11.0. The Morgan fingerprint density at radius 3 is 2.45 bits per heavy atom. The quantitative estimate of drug-likeness (QED) is 0.437. The van der Waals surface area contributed by atoms with Crippen LogP contribution in [0.15, 0.2) is 30.5 Å². The van der Waals surface area contributed by atoms with Gasteiger partial charge in [-0.3, -0.25) is 9.78 Å². The molecule has 1 aromatic carbocycles. The highest BCUT2D eigenvalue weighted by atomic mass is 35.5. The van der Waals surface area contributed by atoms with Crippen LogP contribution in [0.3, 0.4) is 0 Å². The number of anilines is 1. The molecule has 8 heteroatoms. The number of nitrogens with one attached hydrogen (secondary N) is 1. The third kappa shape index (κ3) is 4.47. The van der Waals surface area contributed by atoms with Crippen LogP contribution in [0.4, 0.5) is 5.69 Å². The number of aliphatic hydroxyl groups is 1. The van der Waals surface area contributed by atoms with E-state index in [2.05, 4.69) is 10.3 Å². The first-order chi connectivity index (χ1) is 14.9. The van der Waals surface area contributed by atoms with Crippen LogP contribution in [0.5, 0.6) is 5.75 Å². The lowest BCUT2D eigenvalue weighted by molar-refractivity contribution is 0.101. The molecule has 2 aromatic heterocycles. The fourth-order valence-corrected chi connectivity index (χ4v) is 4.53. The molecule has 0 aliphatic heterocycles. The number of pyridine rings is 2. The Labute approximate surface area is 190 Å². The number of carbonyl (C=O) groups is 1. The summed E-state index contributed by atoms with van der Waals surface area (Å²) in [6, 6.07) is 7.03. The van der Waals surface area contributed by atoms with E-state index < -0.39 is 0 Å². The molecular formula is C23H23Cl2N3O3. The molecule has 3 N–H and O–H groups in total. The predicted molar refractivity (Wildman–Crippen MR) is 123 cm³/mol. The molecule has 1 fully saturated rings. The molecule has 6 nitrogen and oxygen atoms in total. The molecule has 0 saturated heterocycles. The molecule has 1 saturated carbocycles. The van der Waals surface area contributed by atoms with E-state index in [1.807, 2.05) is 6.07 Å². The van der Waals surface area contributed by atoms with Gasteiger partial charge in [0.05, 0.1) is 32.5 Å². The minimum atomic E-state index is -0.172. The number of Topliss-reactive ketones (excluding diaryl/α,β-unsaturated/α-hetero) is 1. The normalized spacial score (nSPS) is 18.8. The molecule has 2 heterocycles. The maximum absolute atomic E-state index is 12.3. The molecule has 1 aliphatic rings. The van der Waals surface area contributed by atoms with E-state index in [1.165, 1.54) is 6.92 Å². The minimum absolute atomic E-state index is 0.0936. The van der Waals surface area contributed by atoms with E-state index in [4.69, 9.17) is 28.2 Å². The van der Waals surface area contributed by atoms with Gasteiger partial charge < -0.3 is 15.5 Å². The number of fused-ring (bicyclic) bond motifs is 1. The molecular weight excluding hydrogens is 437 g/mol. The van der Waals surface area contributed by atoms with Crippen LogP contribution < -0.4 is 5.32 Å². The minimum Gasteiger partial charge on any atom is -0.505 e. The van der Waals surface area contributed by atoms with Crippen molar-refractivity contribution in [2.24, 2.45) is 5.92 Å². The van der Waals surface area contributed by atoms with Gasteiger partial charge in [0.2, 0.25) is 0 Å². The number of benzene rings is 1. The average Bonchev–Trinajstić information content (AvgIpc) is 2.77. The van der Waals surface area contributed by atoms with E-state index in [0.717, 1.165) is 25.7 Å². The van der Waals surface area contributed by atoms with Gasteiger partial charge in [-0.1, -0.05) is 23.2 Å². The summed E-state index contributed by atoms with van der Waals surface area (Å²) >= 11 is 12.2. The highest BCUT2D eigenvalue weighted by Crippen LogP contribution is 2.37. The zero-order valence-electron chi connectivity index (χ0n) is 17.0. The lowest BCUT2D eigenvalue weighted by Gasteiger charge is -2.29. The smallest absolute Gasteiger partial charge is 0.163 e. The Morgan fingerprint density at radius 2 is 1.84 bits per heavy atom. The van der Waals surface area contributed by atoms with E-state index >= 15 is 0 Å². The van der Waals surface area contributed by atoms with Gasteiger partial charge in [0.1, 0.15) is 5.52 Å². The second-order valence-electron chi connectivity index (χ2n) is 8.00. The van der Waals surface area contributed by atoms with E-state index in [-0.39, 0.29) is 34.2 Å². The molecule has 4 rings (SSSR count). The zero-order chi connectivity index (χ0) is 22.1. The van der Waals surface area contributed by atoms with Crippen LogP contribution in [0.2, 0.25) is 10.0 Å². The summed E-state index contributed by atoms with van der Waals surface area (Å²) in [7, 11) is 0. The third-order valence-corrected chi connectivity index (χ3v) is 6.43. The lowest BCUT2D eigenvalue weighted by Crippen LogP contribution is -2.28. The Morgan fingerprint density at radius 1 is 1.16 bits per heavy atom. The van der Waals surface area contributed by atoms with Gasteiger partial charge in [0.25, 0.3) is 0 Å². The van der Waals surface area contributed by atoms with Crippen LogP contribution in [-0.4, -0.2) is 38.6 Å². The Hall–Kier alpha value is -2.41. The van der Waals surface area contributed by atoms with Gasteiger partial charge in [0.15, 0.2) is 11.5 Å². The van der Waals surface area contributed by atoms with Gasteiger partial charge in [-0.15, -0.1) is 0 Å². The molecule has 1 aliphatic carbocycles. The number of phenols is 1. The number of aromatic nitrogens is 2. The zero-order valence-corrected chi connectivity index (χ0v) is 18.5. The topological polar surface area (TPSA) is 95.3 Å². The van der Waals surface area contributed by atoms with Gasteiger partial charge in [-0.2, -0.15) is 0 Å². The maximum atomic E-state index is 12.3. The number of rotatable bonds is 5. The summed E-state index contributed by atoms with van der Waals surface area (Å²) < 4.78 is 0. The van der Waals surface area contributed by atoms with Crippen LogP contribution in [-0.2, 0) is 0 Å². The van der Waals surface area contributed by atoms with Gasteiger partial charge in [-0.25, -0.2) is 4.98 Å². The first-order valence-electron chi connectivity index (χ1n) is 10.2. The fourth-order valence-electron chi connectivity index (χ4n) is 4.05. The Balaban J connectivity index is 1.78. The van der Waals surface area contributed by atoms with Crippen molar-refractivity contribution in [1.29, 1.82) is 0 Å². The van der Waals surface area contributed by atoms with Crippen molar-refractivity contribution >= 4 is 45.7 Å². The van der Waals surface area contributed by atoms with Crippen molar-refractivity contribution in [1.82, 2.24) is 9.97 Å². The average molecular weight is 460 g/mol. The van der Waals surface area contributed by atoms with Crippen molar-refractivity contribution in [3.63, 3.8) is 0 Å². The van der Waals surface area contributed by atoms with E-state index in [0.29, 0.717) is 39.5 Å². The summed E-state index contributed by atoms with van der Waals surface area (Å²) in [5.74, 6) is 0.0753. The third-order valence-electron chi connectivity index (χ3n) is 5.86. The predicted octanol–water partition coefficient (Wildman–Crippen LogP) is 5.47. The molecule has 0 amide bonds. The molecule has 0 atom stereocenters. The number of phenolic OH excluding ortho intramolecular Hbond substituents is 1. The summed E-state index contributed by atoms with van der Waals surface area (Å²) in [6.07, 6.45) is 5.29. The standard InChI is InChI=1S/C23H23Cl2N3O3/c1-12(30)16-10-26-20-7-6-19(14-8-17(24)23(31)18(25)9-14)28-22(20)21(16)27-15-4-2-13(11-29)3-5-15/h6-10,13,15,29,31H,2-5,11H2,1H3,(H,26,27). The molecule has 0 radical (unpaired) electrons. The second kappa shape index (κ2) is 8.99. The number of hydrogen-bond donors (Lipinski definition) is 3. The molecule has 3 aromatic rings. The van der Waals surface area contributed by atoms with Crippen molar-refractivity contribution in [2.45, 2.75) is 38.6 Å². The number of ketones is 1. The highest BCUT2D eigenvalue weighted by Gasteiger charge is 2.23. The summed E-state index contributed by atoms with van der Waals surface area (Å²) in [5, 5.41) is 23.1. The van der Waals surface area contributed by atoms with Gasteiger partial charge >= 0.3 is 0 Å². The van der Waals surface area contributed by atoms with Crippen LogP contribution in [0.1, 0.15) is 43.0 Å². The summed E-state index contributed by atoms with van der Waals surface area (Å²) in [5.41, 5.74) is 3.67. The van der Waals surface area contributed by atoms with Crippen molar-refractivity contribution in [2.75, 3.05) is 11.9 Å². The molecule has 162 valence electrons. The van der Waals surface area contributed by atoms with Gasteiger partial charge in [0, 0.05) is 24.4 Å². The van der Waals surface area contributed by atoms with Crippen LogP contribution in [0, 0.1) is 5.92 Å². The SMILES string of the molecule is CC(=O)c1cnc2ccc(-c3cc(Cl)c(O)c(Cl)c3)nc2c1NC1CCC(CO)CC1. The number of hydrogen-bond acceptors (Lipinski definition) is 6.